The molecule has 13 heavy (non-hydrogen) atoms. The molecule has 1 aromatic rings. The third kappa shape index (κ3) is 1.46. The van der Waals surface area contributed by atoms with Gasteiger partial charge in [-0.15, -0.1) is 0 Å². The van der Waals surface area contributed by atoms with Crippen LogP contribution in [0.1, 0.15) is 30.8 Å². The molecule has 0 aromatic carbocycles. The van der Waals surface area contributed by atoms with E-state index < -0.39 is 0 Å². The van der Waals surface area contributed by atoms with Crippen molar-refractivity contribution in [3.05, 3.63) is 24.2 Å². The lowest BCUT2D eigenvalue weighted by atomic mass is 10.3. The van der Waals surface area contributed by atoms with Gasteiger partial charge in [-0.05, 0) is 31.4 Å². The van der Waals surface area contributed by atoms with Gasteiger partial charge in [0, 0.05) is 0 Å². The van der Waals surface area contributed by atoms with Gasteiger partial charge in [-0.3, -0.25) is 0 Å². The predicted octanol–water partition coefficient (Wildman–Crippen LogP) is 2.23. The largest absolute Gasteiger partial charge is 0.457 e. The van der Waals surface area contributed by atoms with Crippen LogP contribution in [0, 0.1) is 5.92 Å². The monoisotopic (exact) mass is 180 g/mol. The SMILES string of the molecule is CC1CC1(C)OC(=O)c1ccco1. The van der Waals surface area contributed by atoms with Crippen molar-refractivity contribution in [2.24, 2.45) is 5.92 Å². The summed E-state index contributed by atoms with van der Waals surface area (Å²) >= 11 is 0. The molecular formula is C10H12O3. The second-order valence-corrected chi connectivity index (χ2v) is 3.78. The topological polar surface area (TPSA) is 39.4 Å². The van der Waals surface area contributed by atoms with Crippen LogP contribution < -0.4 is 0 Å². The van der Waals surface area contributed by atoms with Crippen LogP contribution in [0.15, 0.2) is 22.8 Å². The van der Waals surface area contributed by atoms with Crippen LogP contribution in [0.2, 0.25) is 0 Å². The Kier molecular flexibility index (Phi) is 1.68. The number of rotatable bonds is 2. The van der Waals surface area contributed by atoms with Crippen molar-refractivity contribution in [2.75, 3.05) is 0 Å². The molecule has 0 spiro atoms. The molecule has 0 amide bonds. The van der Waals surface area contributed by atoms with Crippen LogP contribution in [0.4, 0.5) is 0 Å². The molecule has 1 aliphatic rings. The van der Waals surface area contributed by atoms with E-state index in [9.17, 15) is 4.79 Å². The zero-order valence-corrected chi connectivity index (χ0v) is 7.74. The first-order chi connectivity index (χ1) is 6.12. The summed E-state index contributed by atoms with van der Waals surface area (Å²) in [7, 11) is 0. The zero-order valence-electron chi connectivity index (χ0n) is 7.74. The summed E-state index contributed by atoms with van der Waals surface area (Å²) in [5, 5.41) is 0. The van der Waals surface area contributed by atoms with E-state index in [1.807, 2.05) is 6.92 Å². The van der Waals surface area contributed by atoms with Crippen LogP contribution >= 0.6 is 0 Å². The number of carbonyl (C=O) groups is 1. The first kappa shape index (κ1) is 8.35. The van der Waals surface area contributed by atoms with E-state index in [1.165, 1.54) is 6.26 Å². The third-order valence-corrected chi connectivity index (χ3v) is 2.64. The van der Waals surface area contributed by atoms with E-state index >= 15 is 0 Å². The smallest absolute Gasteiger partial charge is 0.374 e. The van der Waals surface area contributed by atoms with Gasteiger partial charge in [-0.2, -0.15) is 0 Å². The molecule has 1 fully saturated rings. The minimum Gasteiger partial charge on any atom is -0.457 e. The molecule has 2 atom stereocenters. The van der Waals surface area contributed by atoms with Gasteiger partial charge in [0.25, 0.3) is 0 Å². The molecule has 1 heterocycles. The Labute approximate surface area is 76.7 Å². The Morgan fingerprint density at radius 2 is 2.46 bits per heavy atom. The molecular weight excluding hydrogens is 168 g/mol. The summed E-state index contributed by atoms with van der Waals surface area (Å²) in [6.45, 7) is 4.01. The fourth-order valence-electron chi connectivity index (χ4n) is 1.35. The van der Waals surface area contributed by atoms with Crippen molar-refractivity contribution in [1.82, 2.24) is 0 Å². The van der Waals surface area contributed by atoms with Crippen molar-refractivity contribution < 1.29 is 13.9 Å². The lowest BCUT2D eigenvalue weighted by Crippen LogP contribution is -2.17. The minimum atomic E-state index is -0.364. The lowest BCUT2D eigenvalue weighted by Gasteiger charge is -2.10. The van der Waals surface area contributed by atoms with Gasteiger partial charge in [0.15, 0.2) is 0 Å². The number of ether oxygens (including phenoxy) is 1. The molecule has 2 unspecified atom stereocenters. The zero-order chi connectivity index (χ0) is 9.47. The summed E-state index contributed by atoms with van der Waals surface area (Å²) < 4.78 is 10.2. The molecule has 1 aliphatic carbocycles. The van der Waals surface area contributed by atoms with Gasteiger partial charge in [0.05, 0.1) is 6.26 Å². The maximum atomic E-state index is 11.4. The molecule has 0 saturated heterocycles. The number of hydrogen-bond acceptors (Lipinski definition) is 3. The molecule has 3 heteroatoms. The summed E-state index contributed by atoms with van der Waals surface area (Å²) in [5.74, 6) is 0.378. The van der Waals surface area contributed by atoms with Crippen LogP contribution in [0.5, 0.6) is 0 Å². The van der Waals surface area contributed by atoms with Crippen LogP contribution in [-0.4, -0.2) is 11.6 Å². The molecule has 1 saturated carbocycles. The number of esters is 1. The van der Waals surface area contributed by atoms with Gasteiger partial charge in [-0.1, -0.05) is 6.92 Å². The first-order valence-electron chi connectivity index (χ1n) is 4.39. The van der Waals surface area contributed by atoms with Crippen molar-refractivity contribution in [3.8, 4) is 0 Å². The highest BCUT2D eigenvalue weighted by atomic mass is 16.6. The highest BCUT2D eigenvalue weighted by Gasteiger charge is 2.50. The molecule has 0 radical (unpaired) electrons. The van der Waals surface area contributed by atoms with Crippen molar-refractivity contribution in [1.29, 1.82) is 0 Å². The van der Waals surface area contributed by atoms with E-state index in [4.69, 9.17) is 9.15 Å². The van der Waals surface area contributed by atoms with Crippen molar-refractivity contribution in [3.63, 3.8) is 0 Å². The Bertz CT molecular complexity index is 315. The molecule has 2 rings (SSSR count). The predicted molar refractivity (Wildman–Crippen MR) is 46.3 cm³/mol. The number of hydrogen-bond donors (Lipinski definition) is 0. The number of furan rings is 1. The Morgan fingerprint density at radius 3 is 2.92 bits per heavy atom. The second kappa shape index (κ2) is 2.62. The highest BCUT2D eigenvalue weighted by molar-refractivity contribution is 5.86. The fraction of sp³-hybridized carbons (Fsp3) is 0.500. The maximum Gasteiger partial charge on any atom is 0.374 e. The van der Waals surface area contributed by atoms with E-state index in [2.05, 4.69) is 6.92 Å². The van der Waals surface area contributed by atoms with Crippen LogP contribution in [-0.2, 0) is 4.74 Å². The normalized spacial score (nSPS) is 31.4. The molecule has 1 aromatic heterocycles. The molecule has 0 aliphatic heterocycles. The van der Waals surface area contributed by atoms with Crippen molar-refractivity contribution >= 4 is 5.97 Å². The Hall–Kier alpha value is -1.25. The standard InChI is InChI=1S/C10H12O3/c1-7-6-10(7,2)13-9(11)8-4-3-5-12-8/h3-5,7H,6H2,1-2H3. The summed E-state index contributed by atoms with van der Waals surface area (Å²) in [5.41, 5.74) is -0.260. The van der Waals surface area contributed by atoms with Gasteiger partial charge < -0.3 is 9.15 Å². The Morgan fingerprint density at radius 1 is 1.77 bits per heavy atom. The third-order valence-electron chi connectivity index (χ3n) is 2.64. The highest BCUT2D eigenvalue weighted by Crippen LogP contribution is 2.46. The van der Waals surface area contributed by atoms with E-state index in [1.54, 1.807) is 12.1 Å². The molecule has 0 N–H and O–H groups in total. The van der Waals surface area contributed by atoms with Gasteiger partial charge in [0.1, 0.15) is 5.60 Å². The second-order valence-electron chi connectivity index (χ2n) is 3.78. The lowest BCUT2D eigenvalue weighted by molar-refractivity contribution is 0.0203. The average Bonchev–Trinajstić information content (AvgIpc) is 2.58. The maximum absolute atomic E-state index is 11.4. The quantitative estimate of drug-likeness (QED) is 0.655. The number of carbonyl (C=O) groups excluding carboxylic acids is 1. The Balaban J connectivity index is 2.01. The molecule has 3 nitrogen and oxygen atoms in total. The van der Waals surface area contributed by atoms with Gasteiger partial charge >= 0.3 is 5.97 Å². The van der Waals surface area contributed by atoms with Crippen molar-refractivity contribution in [2.45, 2.75) is 25.9 Å². The van der Waals surface area contributed by atoms with E-state index in [-0.39, 0.29) is 17.3 Å². The molecule has 70 valence electrons. The summed E-state index contributed by atoms with van der Waals surface area (Å²) in [6.07, 6.45) is 2.41. The van der Waals surface area contributed by atoms with E-state index in [0.717, 1.165) is 6.42 Å². The van der Waals surface area contributed by atoms with Gasteiger partial charge in [0.2, 0.25) is 5.76 Å². The molecule has 0 bridgehead atoms. The van der Waals surface area contributed by atoms with Gasteiger partial charge in [-0.25, -0.2) is 4.79 Å². The fourth-order valence-corrected chi connectivity index (χ4v) is 1.35. The summed E-state index contributed by atoms with van der Waals surface area (Å²) in [6, 6.07) is 3.29. The average molecular weight is 180 g/mol. The van der Waals surface area contributed by atoms with Crippen LogP contribution in [0.25, 0.3) is 0 Å². The summed E-state index contributed by atoms with van der Waals surface area (Å²) in [4.78, 5) is 11.4. The van der Waals surface area contributed by atoms with Crippen LogP contribution in [0.3, 0.4) is 0 Å². The minimum absolute atomic E-state index is 0.260. The van der Waals surface area contributed by atoms with E-state index in [0.29, 0.717) is 5.92 Å². The first-order valence-corrected chi connectivity index (χ1v) is 4.39.